The van der Waals surface area contributed by atoms with E-state index in [2.05, 4.69) is 28.2 Å². The Morgan fingerprint density at radius 3 is 2.18 bits per heavy atom. The van der Waals surface area contributed by atoms with Crippen LogP contribution >= 0.6 is 15.9 Å². The summed E-state index contributed by atoms with van der Waals surface area (Å²) in [4.78, 5) is 11.4. The lowest BCUT2D eigenvalue weighted by molar-refractivity contribution is -0.0955. The van der Waals surface area contributed by atoms with Gasteiger partial charge in [-0.1, -0.05) is 45.4 Å². The van der Waals surface area contributed by atoms with Crippen LogP contribution in [-0.2, 0) is 0 Å². The number of halogens is 4. The third kappa shape index (κ3) is 9.66. The Bertz CT molecular complexity index is 417. The molecule has 0 bridgehead atoms. The zero-order chi connectivity index (χ0) is 17.0. The molecule has 22 heavy (non-hydrogen) atoms. The minimum absolute atomic E-state index is 0.301. The van der Waals surface area contributed by atoms with Gasteiger partial charge in [-0.15, -0.1) is 0 Å². The van der Waals surface area contributed by atoms with E-state index in [-0.39, 0.29) is 0 Å². The van der Waals surface area contributed by atoms with Crippen LogP contribution in [0.4, 0.5) is 18.0 Å². The first kappa shape index (κ1) is 20.8. The quantitative estimate of drug-likeness (QED) is 0.446. The number of alkyl halides is 3. The molecule has 126 valence electrons. The van der Waals surface area contributed by atoms with E-state index in [0.29, 0.717) is 13.0 Å². The Labute approximate surface area is 137 Å². The topological polar surface area (TPSA) is 64.9 Å². The highest BCUT2D eigenvalue weighted by atomic mass is 79.9. The van der Waals surface area contributed by atoms with Crippen LogP contribution in [0, 0.1) is 11.3 Å². The molecule has 4 nitrogen and oxygen atoms in total. The molecule has 0 aromatic carbocycles. The van der Waals surface area contributed by atoms with E-state index in [1.165, 1.54) is 25.3 Å². The van der Waals surface area contributed by atoms with Crippen LogP contribution in [0.2, 0.25) is 0 Å². The monoisotopic (exact) mass is 383 g/mol. The highest BCUT2D eigenvalue weighted by Crippen LogP contribution is 2.28. The number of urea groups is 1. The van der Waals surface area contributed by atoms with Crippen LogP contribution in [-0.4, -0.2) is 18.8 Å². The molecule has 0 heterocycles. The Morgan fingerprint density at radius 1 is 1.14 bits per heavy atom. The average molecular weight is 384 g/mol. The predicted molar refractivity (Wildman–Crippen MR) is 82.1 cm³/mol. The molecule has 0 aliphatic carbocycles. The second-order valence-electron chi connectivity index (χ2n) is 4.80. The van der Waals surface area contributed by atoms with Crippen LogP contribution in [0.5, 0.6) is 0 Å². The van der Waals surface area contributed by atoms with Crippen molar-refractivity contribution in [3.05, 3.63) is 10.2 Å². The highest BCUT2D eigenvalue weighted by molar-refractivity contribution is 9.12. The lowest BCUT2D eigenvalue weighted by atomic mass is 10.1. The smallest absolute Gasteiger partial charge is 0.338 e. The third-order valence-corrected chi connectivity index (χ3v) is 3.48. The first-order valence-electron chi connectivity index (χ1n) is 7.24. The molecular formula is C14H21BrF3N3O. The van der Waals surface area contributed by atoms with Crippen LogP contribution in [0.3, 0.4) is 0 Å². The fourth-order valence-electron chi connectivity index (χ4n) is 1.75. The predicted octanol–water partition coefficient (Wildman–Crippen LogP) is 4.73. The third-order valence-electron chi connectivity index (χ3n) is 2.91. The number of carbonyl (C=O) groups excluding carboxylic acids is 1. The summed E-state index contributed by atoms with van der Waals surface area (Å²) < 4.78 is 37.1. The van der Waals surface area contributed by atoms with Gasteiger partial charge in [-0.25, -0.2) is 4.79 Å². The molecule has 2 N–H and O–H groups in total. The van der Waals surface area contributed by atoms with Crippen molar-refractivity contribution in [2.75, 3.05) is 6.54 Å². The van der Waals surface area contributed by atoms with E-state index in [1.807, 2.05) is 0 Å². The first-order valence-corrected chi connectivity index (χ1v) is 8.04. The summed E-state index contributed by atoms with van der Waals surface area (Å²) in [6.07, 6.45) is 2.60. The van der Waals surface area contributed by atoms with Gasteiger partial charge in [0.2, 0.25) is 0 Å². The molecular weight excluding hydrogens is 363 g/mol. The van der Waals surface area contributed by atoms with Gasteiger partial charge in [-0.3, -0.25) is 0 Å². The van der Waals surface area contributed by atoms with Gasteiger partial charge in [-0.05, 0) is 22.4 Å². The van der Waals surface area contributed by atoms with Gasteiger partial charge in [0.1, 0.15) is 16.2 Å². The summed E-state index contributed by atoms with van der Waals surface area (Å²) in [5.41, 5.74) is -1.40. The van der Waals surface area contributed by atoms with Gasteiger partial charge < -0.3 is 10.6 Å². The van der Waals surface area contributed by atoms with Gasteiger partial charge in [0, 0.05) is 6.54 Å². The van der Waals surface area contributed by atoms with E-state index >= 15 is 0 Å². The fourth-order valence-corrected chi connectivity index (χ4v) is 2.07. The summed E-state index contributed by atoms with van der Waals surface area (Å²) in [7, 11) is 0. The van der Waals surface area contributed by atoms with Gasteiger partial charge in [0.05, 0.1) is 0 Å². The number of amides is 2. The number of allylic oxidation sites excluding steroid dienone is 2. The Kier molecular flexibility index (Phi) is 10.7. The second kappa shape index (κ2) is 11.4. The summed E-state index contributed by atoms with van der Waals surface area (Å²) in [5, 5.41) is 12.5. The zero-order valence-electron chi connectivity index (χ0n) is 12.5. The number of nitriles is 1. The van der Waals surface area contributed by atoms with Crippen molar-refractivity contribution in [2.24, 2.45) is 0 Å². The van der Waals surface area contributed by atoms with Crippen molar-refractivity contribution < 1.29 is 18.0 Å². The van der Waals surface area contributed by atoms with Gasteiger partial charge in [0.25, 0.3) is 0 Å². The van der Waals surface area contributed by atoms with Crippen molar-refractivity contribution in [1.82, 2.24) is 10.6 Å². The Balaban J connectivity index is 4.01. The van der Waals surface area contributed by atoms with Crippen LogP contribution in [0.1, 0.15) is 51.9 Å². The summed E-state index contributed by atoms with van der Waals surface area (Å²) in [6.45, 7) is 2.44. The summed E-state index contributed by atoms with van der Waals surface area (Å²) in [5.74, 6) is 0. The molecule has 0 aliphatic rings. The molecule has 0 saturated heterocycles. The number of hydrogen-bond donors (Lipinski definition) is 2. The number of carbonyl (C=O) groups is 1. The molecule has 0 spiro atoms. The molecule has 0 aromatic heterocycles. The van der Waals surface area contributed by atoms with Crippen molar-refractivity contribution in [2.45, 2.75) is 58.0 Å². The maximum absolute atomic E-state index is 12.6. The highest BCUT2D eigenvalue weighted by Gasteiger charge is 2.37. The number of nitrogens with one attached hydrogen (secondary N) is 2. The molecule has 8 heteroatoms. The Morgan fingerprint density at radius 2 is 1.68 bits per heavy atom. The van der Waals surface area contributed by atoms with Crippen molar-refractivity contribution in [3.8, 4) is 6.07 Å². The van der Waals surface area contributed by atoms with E-state index in [9.17, 15) is 18.0 Å². The number of unbranched alkanes of at least 4 members (excludes halogenated alkanes) is 6. The average Bonchev–Trinajstić information content (AvgIpc) is 2.45. The van der Waals surface area contributed by atoms with Gasteiger partial charge in [-0.2, -0.15) is 18.4 Å². The second-order valence-corrected chi connectivity index (χ2v) is 5.59. The summed E-state index contributed by atoms with van der Waals surface area (Å²) in [6, 6.07) is 0.344. The molecule has 2 amide bonds. The van der Waals surface area contributed by atoms with Crippen molar-refractivity contribution >= 4 is 22.0 Å². The fraction of sp³-hybridized carbons (Fsp3) is 0.714. The van der Waals surface area contributed by atoms with Crippen LogP contribution < -0.4 is 10.6 Å². The molecule has 0 aliphatic heterocycles. The molecule has 0 saturated carbocycles. The van der Waals surface area contributed by atoms with Crippen LogP contribution in [0.25, 0.3) is 0 Å². The molecule has 0 unspecified atom stereocenters. The van der Waals surface area contributed by atoms with E-state index in [4.69, 9.17) is 5.26 Å². The maximum Gasteiger partial charge on any atom is 0.433 e. The lowest BCUT2D eigenvalue weighted by Gasteiger charge is -2.14. The van der Waals surface area contributed by atoms with Gasteiger partial charge in [0.15, 0.2) is 0 Å². The van der Waals surface area contributed by atoms with E-state index in [0.717, 1.165) is 19.3 Å². The maximum atomic E-state index is 12.6. The molecule has 0 atom stereocenters. The lowest BCUT2D eigenvalue weighted by Crippen LogP contribution is -2.40. The van der Waals surface area contributed by atoms with Crippen LogP contribution in [0.15, 0.2) is 10.2 Å². The first-order chi connectivity index (χ1) is 10.3. The van der Waals surface area contributed by atoms with Gasteiger partial charge >= 0.3 is 12.2 Å². The largest absolute Gasteiger partial charge is 0.433 e. The molecule has 0 fully saturated rings. The normalized spacial score (nSPS) is 12.4. The van der Waals surface area contributed by atoms with E-state index in [1.54, 1.807) is 5.32 Å². The van der Waals surface area contributed by atoms with E-state index < -0.39 is 22.4 Å². The molecule has 0 aromatic rings. The SMILES string of the molecule is CCCCCCCCCNC(=O)NC(=C(Br)C#N)C(F)(F)F. The number of rotatable bonds is 9. The zero-order valence-corrected chi connectivity index (χ0v) is 14.1. The number of nitrogens with zero attached hydrogens (tertiary/aromatic N) is 1. The standard InChI is InChI=1S/C14H21BrF3N3O/c1-2-3-4-5-6-7-8-9-20-13(22)21-12(11(15)10-19)14(16,17)18/h2-9H2,1H3,(H2,20,21,22). The minimum Gasteiger partial charge on any atom is -0.338 e. The Hall–Kier alpha value is -1.23. The number of hydrogen-bond acceptors (Lipinski definition) is 2. The minimum atomic E-state index is -4.80. The van der Waals surface area contributed by atoms with Crippen molar-refractivity contribution in [3.63, 3.8) is 0 Å². The molecule has 0 rings (SSSR count). The molecule has 0 radical (unpaired) electrons. The van der Waals surface area contributed by atoms with Crippen molar-refractivity contribution in [1.29, 1.82) is 5.26 Å². The summed E-state index contributed by atoms with van der Waals surface area (Å²) >= 11 is 2.49.